The van der Waals surface area contributed by atoms with Crippen LogP contribution in [0.25, 0.3) is 67.5 Å². The number of nitrogens with zero attached hydrogens (tertiary/aromatic N) is 4. The zero-order chi connectivity index (χ0) is 36.6. The van der Waals surface area contributed by atoms with E-state index in [2.05, 4.69) is 88.4 Å². The van der Waals surface area contributed by atoms with E-state index in [9.17, 15) is 5.26 Å². The van der Waals surface area contributed by atoms with Gasteiger partial charge in [0.1, 0.15) is 0 Å². The second-order valence-electron chi connectivity index (χ2n) is 14.3. The van der Waals surface area contributed by atoms with E-state index in [1.165, 1.54) is 0 Å². The van der Waals surface area contributed by atoms with Crippen LogP contribution in [0.5, 0.6) is 0 Å². The van der Waals surface area contributed by atoms with Gasteiger partial charge in [-0.25, -0.2) is 15.0 Å². The Morgan fingerprint density at radius 2 is 0.887 bits per heavy atom. The predicted octanol–water partition coefficient (Wildman–Crippen LogP) is 10.0. The molecule has 0 unspecified atom stereocenters. The molecule has 7 aromatic rings. The Morgan fingerprint density at radius 3 is 1.43 bits per heavy atom. The fraction of sp³-hybridized carbons (Fsp3) is 0.130. The van der Waals surface area contributed by atoms with E-state index in [-0.39, 0.29) is 0 Å². The molecule has 256 valence electrons. The maximum absolute atomic E-state index is 9.31. The van der Waals surface area contributed by atoms with Gasteiger partial charge in [-0.05, 0) is 84.7 Å². The second kappa shape index (κ2) is 13.7. The lowest BCUT2D eigenvalue weighted by Crippen LogP contribution is -2.41. The van der Waals surface area contributed by atoms with Gasteiger partial charge in [0, 0.05) is 16.7 Å². The number of aromatic nitrogens is 3. The number of hydrogen-bond acceptors (Lipinski definition) is 6. The molecule has 0 spiro atoms. The molecule has 0 saturated carbocycles. The van der Waals surface area contributed by atoms with E-state index >= 15 is 0 Å². The summed E-state index contributed by atoms with van der Waals surface area (Å²) in [5.74, 6) is 1.88. The van der Waals surface area contributed by atoms with Crippen LogP contribution in [0.15, 0.2) is 152 Å². The molecule has 7 heteroatoms. The molecule has 0 amide bonds. The van der Waals surface area contributed by atoms with Crippen LogP contribution in [0.2, 0.25) is 0 Å². The average Bonchev–Trinajstić information content (AvgIpc) is 3.43. The minimum absolute atomic E-state index is 0.490. The summed E-state index contributed by atoms with van der Waals surface area (Å²) in [6.07, 6.45) is 0. The van der Waals surface area contributed by atoms with Crippen molar-refractivity contribution < 1.29 is 9.31 Å². The number of rotatable bonds is 7. The highest BCUT2D eigenvalue weighted by atomic mass is 16.7. The third kappa shape index (κ3) is 6.79. The molecule has 8 rings (SSSR count). The summed E-state index contributed by atoms with van der Waals surface area (Å²) in [7, 11) is -0.549. The molecule has 0 aliphatic carbocycles. The Bertz CT molecular complexity index is 2380. The van der Waals surface area contributed by atoms with Gasteiger partial charge in [0.25, 0.3) is 0 Å². The highest BCUT2D eigenvalue weighted by Crippen LogP contribution is 2.38. The van der Waals surface area contributed by atoms with Crippen LogP contribution in [0.3, 0.4) is 0 Å². The van der Waals surface area contributed by atoms with Gasteiger partial charge >= 0.3 is 7.12 Å². The maximum Gasteiger partial charge on any atom is 0.495 e. The van der Waals surface area contributed by atoms with Gasteiger partial charge in [-0.1, -0.05) is 133 Å². The maximum atomic E-state index is 9.31. The molecule has 1 aliphatic heterocycles. The lowest BCUT2D eigenvalue weighted by atomic mass is 9.73. The molecule has 0 atom stereocenters. The van der Waals surface area contributed by atoms with Crippen LogP contribution in [-0.2, 0) is 9.31 Å². The molecule has 1 aliphatic rings. The number of hydrogen-bond donors (Lipinski definition) is 0. The van der Waals surface area contributed by atoms with Gasteiger partial charge in [0.15, 0.2) is 17.5 Å². The van der Waals surface area contributed by atoms with E-state index < -0.39 is 18.3 Å². The molecule has 0 N–H and O–H groups in total. The topological polar surface area (TPSA) is 80.9 Å². The Hall–Kier alpha value is -6.20. The SMILES string of the molecule is CC1(C)OB(c2cc(-c3ccc(C#N)cc3)ccc2-c2ccc(-c3cccc(-c4nc(-c5ccccc5)nc(-c5ccccc5)n4)c3)cc2)OC1(C)C. The van der Waals surface area contributed by atoms with Gasteiger partial charge in [0.2, 0.25) is 0 Å². The number of benzene rings is 6. The van der Waals surface area contributed by atoms with Gasteiger partial charge < -0.3 is 9.31 Å². The van der Waals surface area contributed by atoms with E-state index in [1.54, 1.807) is 0 Å². The van der Waals surface area contributed by atoms with Crippen LogP contribution < -0.4 is 5.46 Å². The molecule has 1 saturated heterocycles. The van der Waals surface area contributed by atoms with Gasteiger partial charge in [-0.3, -0.25) is 0 Å². The van der Waals surface area contributed by atoms with Crippen LogP contribution >= 0.6 is 0 Å². The van der Waals surface area contributed by atoms with Crippen molar-refractivity contribution in [1.82, 2.24) is 15.0 Å². The molecule has 53 heavy (non-hydrogen) atoms. The molecule has 6 aromatic carbocycles. The quantitative estimate of drug-likeness (QED) is 0.155. The zero-order valence-electron chi connectivity index (χ0n) is 30.1. The van der Waals surface area contributed by atoms with E-state index in [4.69, 9.17) is 24.3 Å². The van der Waals surface area contributed by atoms with Gasteiger partial charge in [-0.15, -0.1) is 0 Å². The van der Waals surface area contributed by atoms with Crippen molar-refractivity contribution in [3.63, 3.8) is 0 Å². The second-order valence-corrected chi connectivity index (χ2v) is 14.3. The molecule has 0 bridgehead atoms. The van der Waals surface area contributed by atoms with E-state index in [0.717, 1.165) is 55.5 Å². The minimum atomic E-state index is -0.549. The normalized spacial score (nSPS) is 14.5. The number of nitriles is 1. The van der Waals surface area contributed by atoms with Gasteiger partial charge in [0.05, 0.1) is 22.8 Å². The van der Waals surface area contributed by atoms with E-state index in [0.29, 0.717) is 23.0 Å². The molecular formula is C46H37BN4O2. The molecule has 0 radical (unpaired) electrons. The van der Waals surface area contributed by atoms with Crippen LogP contribution in [0, 0.1) is 11.3 Å². The summed E-state index contributed by atoms with van der Waals surface area (Å²) in [6.45, 7) is 8.29. The third-order valence-corrected chi connectivity index (χ3v) is 10.3. The van der Waals surface area contributed by atoms with Crippen molar-refractivity contribution in [3.8, 4) is 73.6 Å². The lowest BCUT2D eigenvalue weighted by molar-refractivity contribution is 0.00578. The van der Waals surface area contributed by atoms with Crippen LogP contribution in [0.4, 0.5) is 0 Å². The minimum Gasteiger partial charge on any atom is -0.399 e. The standard InChI is InChI=1S/C46H37BN4O2/c1-45(2)46(3,4)53-47(52-45)41-29-38(32-20-18-31(30-48)19-21-32)26-27-40(41)34-24-22-33(23-25-34)37-16-11-17-39(28-37)44-50-42(35-12-7-5-8-13-35)49-43(51-44)36-14-9-6-10-15-36/h5-29H,1-4H3. The Labute approximate surface area is 310 Å². The first kappa shape index (κ1) is 33.9. The van der Waals surface area contributed by atoms with Crippen molar-refractivity contribution in [2.75, 3.05) is 0 Å². The summed E-state index contributed by atoms with van der Waals surface area (Å²) in [4.78, 5) is 14.7. The Morgan fingerprint density at radius 1 is 0.453 bits per heavy atom. The summed E-state index contributed by atoms with van der Waals surface area (Å²) < 4.78 is 13.2. The highest BCUT2D eigenvalue weighted by molar-refractivity contribution is 6.64. The van der Waals surface area contributed by atoms with Crippen LogP contribution in [0.1, 0.15) is 33.3 Å². The molecule has 1 fully saturated rings. The third-order valence-electron chi connectivity index (χ3n) is 10.3. The van der Waals surface area contributed by atoms with Gasteiger partial charge in [-0.2, -0.15) is 5.26 Å². The van der Waals surface area contributed by atoms with Crippen molar-refractivity contribution in [2.45, 2.75) is 38.9 Å². The fourth-order valence-electron chi connectivity index (χ4n) is 6.53. The van der Waals surface area contributed by atoms with E-state index in [1.807, 2.05) is 97.1 Å². The average molecular weight is 689 g/mol. The summed E-state index contributed by atoms with van der Waals surface area (Å²) in [6, 6.07) is 53.2. The van der Waals surface area contributed by atoms with Crippen molar-refractivity contribution in [2.24, 2.45) is 0 Å². The molecule has 1 aromatic heterocycles. The lowest BCUT2D eigenvalue weighted by Gasteiger charge is -2.32. The Kier molecular flexibility index (Phi) is 8.79. The molecule has 2 heterocycles. The van der Waals surface area contributed by atoms with Crippen LogP contribution in [-0.4, -0.2) is 33.3 Å². The molecule has 6 nitrogen and oxygen atoms in total. The first-order valence-corrected chi connectivity index (χ1v) is 17.8. The Balaban J connectivity index is 1.15. The summed E-state index contributed by atoms with van der Waals surface area (Å²) >= 11 is 0. The smallest absolute Gasteiger partial charge is 0.399 e. The largest absolute Gasteiger partial charge is 0.495 e. The highest BCUT2D eigenvalue weighted by Gasteiger charge is 2.52. The fourth-order valence-corrected chi connectivity index (χ4v) is 6.53. The van der Waals surface area contributed by atoms with Crippen molar-refractivity contribution in [3.05, 3.63) is 157 Å². The predicted molar refractivity (Wildman–Crippen MR) is 213 cm³/mol. The van der Waals surface area contributed by atoms with Crippen molar-refractivity contribution in [1.29, 1.82) is 5.26 Å². The first-order valence-electron chi connectivity index (χ1n) is 17.8. The molecular weight excluding hydrogens is 651 g/mol. The summed E-state index contributed by atoms with van der Waals surface area (Å²) in [5.41, 5.74) is 9.65. The first-order chi connectivity index (χ1) is 25.7. The monoisotopic (exact) mass is 688 g/mol. The van der Waals surface area contributed by atoms with Crippen molar-refractivity contribution >= 4 is 12.6 Å². The zero-order valence-corrected chi connectivity index (χ0v) is 30.1. The summed E-state index contributed by atoms with van der Waals surface area (Å²) in [5, 5.41) is 9.31.